The number of nitrogens with one attached hydrogen (secondary N) is 1. The van der Waals surface area contributed by atoms with E-state index in [1.54, 1.807) is 16.9 Å². The van der Waals surface area contributed by atoms with Crippen molar-refractivity contribution < 1.29 is 5.11 Å². The minimum absolute atomic E-state index is 0.298. The number of benzene rings is 1. The van der Waals surface area contributed by atoms with Gasteiger partial charge in [0.25, 0.3) is 0 Å². The van der Waals surface area contributed by atoms with Crippen LogP contribution in [0.5, 0.6) is 5.75 Å². The van der Waals surface area contributed by atoms with Crippen molar-refractivity contribution in [2.24, 2.45) is 7.05 Å². The molecule has 20 heavy (non-hydrogen) atoms. The molecule has 0 saturated carbocycles. The number of phenols is 1. The number of nitrogens with zero attached hydrogens (tertiary/aromatic N) is 3. The number of phenolic OH excluding ortho intramolecular Hbond substituents is 1. The van der Waals surface area contributed by atoms with E-state index < -0.39 is 0 Å². The van der Waals surface area contributed by atoms with Crippen molar-refractivity contribution in [3.05, 3.63) is 47.8 Å². The fourth-order valence-corrected chi connectivity index (χ4v) is 2.26. The van der Waals surface area contributed by atoms with Crippen molar-refractivity contribution in [2.45, 2.75) is 13.5 Å². The maximum atomic E-state index is 9.74. The lowest BCUT2D eigenvalue weighted by molar-refractivity contribution is 0.469. The van der Waals surface area contributed by atoms with E-state index in [9.17, 15) is 5.11 Å². The Labute approximate surface area is 116 Å². The molecule has 5 nitrogen and oxygen atoms in total. The molecule has 0 spiro atoms. The summed E-state index contributed by atoms with van der Waals surface area (Å²) < 4.78 is 1.78. The molecule has 1 aromatic carbocycles. The standard InChI is InChI=1S/C15H16N4O/c1-10-13-7-12(9-17-15(13)19(2)18-10)16-8-11-5-3-4-6-14(11)20/h3-7,9,16,20H,8H2,1-2H3. The normalized spacial score (nSPS) is 10.9. The van der Waals surface area contributed by atoms with Gasteiger partial charge in [0.2, 0.25) is 0 Å². The Bertz CT molecular complexity index is 764. The van der Waals surface area contributed by atoms with Crippen LogP contribution >= 0.6 is 0 Å². The zero-order valence-electron chi connectivity index (χ0n) is 11.5. The number of aromatic hydroxyl groups is 1. The molecule has 0 fully saturated rings. The average molecular weight is 268 g/mol. The highest BCUT2D eigenvalue weighted by Gasteiger charge is 2.07. The second-order valence-corrected chi connectivity index (χ2v) is 4.79. The van der Waals surface area contributed by atoms with Gasteiger partial charge in [0.15, 0.2) is 5.65 Å². The predicted molar refractivity (Wildman–Crippen MR) is 78.7 cm³/mol. The van der Waals surface area contributed by atoms with Gasteiger partial charge in [0.1, 0.15) is 5.75 Å². The molecular weight excluding hydrogens is 252 g/mol. The van der Waals surface area contributed by atoms with E-state index in [4.69, 9.17) is 0 Å². The van der Waals surface area contributed by atoms with E-state index in [1.807, 2.05) is 38.2 Å². The summed E-state index contributed by atoms with van der Waals surface area (Å²) in [6.45, 7) is 2.52. The molecule has 5 heteroatoms. The van der Waals surface area contributed by atoms with Crippen LogP contribution in [-0.4, -0.2) is 19.9 Å². The molecule has 2 N–H and O–H groups in total. The third kappa shape index (κ3) is 2.18. The fraction of sp³-hybridized carbons (Fsp3) is 0.200. The quantitative estimate of drug-likeness (QED) is 0.766. The Balaban J connectivity index is 1.85. The van der Waals surface area contributed by atoms with Gasteiger partial charge in [-0.25, -0.2) is 4.98 Å². The zero-order chi connectivity index (χ0) is 14.1. The van der Waals surface area contributed by atoms with Gasteiger partial charge in [0.05, 0.1) is 17.6 Å². The van der Waals surface area contributed by atoms with E-state index in [0.29, 0.717) is 12.3 Å². The first-order valence-electron chi connectivity index (χ1n) is 6.45. The van der Waals surface area contributed by atoms with E-state index in [2.05, 4.69) is 15.4 Å². The Morgan fingerprint density at radius 3 is 2.90 bits per heavy atom. The molecule has 3 rings (SSSR count). The molecule has 0 aliphatic rings. The molecule has 0 amide bonds. The van der Waals surface area contributed by atoms with Crippen molar-refractivity contribution in [1.82, 2.24) is 14.8 Å². The second kappa shape index (κ2) is 4.85. The van der Waals surface area contributed by atoms with Gasteiger partial charge in [-0.3, -0.25) is 4.68 Å². The molecule has 0 radical (unpaired) electrons. The van der Waals surface area contributed by atoms with Crippen LogP contribution in [0.2, 0.25) is 0 Å². The number of rotatable bonds is 3. The second-order valence-electron chi connectivity index (χ2n) is 4.79. The summed E-state index contributed by atoms with van der Waals surface area (Å²) >= 11 is 0. The third-order valence-corrected chi connectivity index (χ3v) is 3.34. The summed E-state index contributed by atoms with van der Waals surface area (Å²) in [5.41, 5.74) is 3.60. The van der Waals surface area contributed by atoms with Crippen LogP contribution in [0.1, 0.15) is 11.3 Å². The molecule has 0 saturated heterocycles. The van der Waals surface area contributed by atoms with Gasteiger partial charge in [0, 0.05) is 24.5 Å². The number of hydrogen-bond donors (Lipinski definition) is 2. The summed E-state index contributed by atoms with van der Waals surface area (Å²) in [6.07, 6.45) is 1.78. The first-order valence-corrected chi connectivity index (χ1v) is 6.45. The molecule has 3 aromatic rings. The largest absolute Gasteiger partial charge is 0.508 e. The monoisotopic (exact) mass is 268 g/mol. The highest BCUT2D eigenvalue weighted by atomic mass is 16.3. The highest BCUT2D eigenvalue weighted by molar-refractivity contribution is 5.81. The summed E-state index contributed by atoms with van der Waals surface area (Å²) in [7, 11) is 1.89. The molecule has 0 unspecified atom stereocenters. The summed E-state index contributed by atoms with van der Waals surface area (Å²) in [5, 5.41) is 18.4. The van der Waals surface area contributed by atoms with Crippen LogP contribution < -0.4 is 5.32 Å². The number of hydrogen-bond acceptors (Lipinski definition) is 4. The van der Waals surface area contributed by atoms with Crippen molar-refractivity contribution in [1.29, 1.82) is 0 Å². The van der Waals surface area contributed by atoms with E-state index in [1.165, 1.54) is 0 Å². The summed E-state index contributed by atoms with van der Waals surface area (Å²) in [6, 6.07) is 9.33. The molecule has 0 aliphatic heterocycles. The summed E-state index contributed by atoms with van der Waals surface area (Å²) in [4.78, 5) is 4.41. The van der Waals surface area contributed by atoms with E-state index in [-0.39, 0.29) is 0 Å². The number of aromatic nitrogens is 3. The lowest BCUT2D eigenvalue weighted by atomic mass is 10.2. The van der Waals surface area contributed by atoms with Crippen LogP contribution in [-0.2, 0) is 13.6 Å². The van der Waals surface area contributed by atoms with Gasteiger partial charge in [-0.2, -0.15) is 5.10 Å². The van der Waals surface area contributed by atoms with Crippen molar-refractivity contribution in [3.8, 4) is 5.75 Å². The minimum atomic E-state index is 0.298. The SMILES string of the molecule is Cc1nn(C)c2ncc(NCc3ccccc3O)cc12. The van der Waals surface area contributed by atoms with Gasteiger partial charge in [-0.05, 0) is 19.1 Å². The Kier molecular flexibility index (Phi) is 3.02. The van der Waals surface area contributed by atoms with Gasteiger partial charge >= 0.3 is 0 Å². The smallest absolute Gasteiger partial charge is 0.157 e. The Morgan fingerprint density at radius 2 is 2.10 bits per heavy atom. The van der Waals surface area contributed by atoms with Crippen molar-refractivity contribution in [3.63, 3.8) is 0 Å². The number of pyridine rings is 1. The summed E-state index contributed by atoms with van der Waals surface area (Å²) in [5.74, 6) is 0.298. The first-order chi connectivity index (χ1) is 9.65. The molecule has 0 aliphatic carbocycles. The molecular formula is C15H16N4O. The predicted octanol–water partition coefficient (Wildman–Crippen LogP) is 2.59. The van der Waals surface area contributed by atoms with Gasteiger partial charge in [-0.1, -0.05) is 18.2 Å². The molecule has 102 valence electrons. The van der Waals surface area contributed by atoms with Gasteiger partial charge in [-0.15, -0.1) is 0 Å². The van der Waals surface area contributed by atoms with Crippen molar-refractivity contribution in [2.75, 3.05) is 5.32 Å². The van der Waals surface area contributed by atoms with Gasteiger partial charge < -0.3 is 10.4 Å². The van der Waals surface area contributed by atoms with Crippen molar-refractivity contribution >= 4 is 16.7 Å². The van der Waals surface area contributed by atoms with Crippen LogP contribution in [0, 0.1) is 6.92 Å². The average Bonchev–Trinajstić information content (AvgIpc) is 2.73. The Hall–Kier alpha value is -2.56. The van der Waals surface area contributed by atoms with Crippen LogP contribution in [0.3, 0.4) is 0 Å². The highest BCUT2D eigenvalue weighted by Crippen LogP contribution is 2.21. The molecule has 0 bridgehead atoms. The lowest BCUT2D eigenvalue weighted by Crippen LogP contribution is -2.00. The number of fused-ring (bicyclic) bond motifs is 1. The Morgan fingerprint density at radius 1 is 1.30 bits per heavy atom. The maximum absolute atomic E-state index is 9.74. The van der Waals surface area contributed by atoms with E-state index in [0.717, 1.165) is 28.0 Å². The maximum Gasteiger partial charge on any atom is 0.157 e. The zero-order valence-corrected chi connectivity index (χ0v) is 11.5. The van der Waals surface area contributed by atoms with E-state index >= 15 is 0 Å². The van der Waals surface area contributed by atoms with Crippen LogP contribution in [0.25, 0.3) is 11.0 Å². The molecule has 2 heterocycles. The lowest BCUT2D eigenvalue weighted by Gasteiger charge is -2.08. The molecule has 2 aromatic heterocycles. The molecule has 0 atom stereocenters. The number of para-hydroxylation sites is 1. The third-order valence-electron chi connectivity index (χ3n) is 3.34. The minimum Gasteiger partial charge on any atom is -0.508 e. The van der Waals surface area contributed by atoms with Crippen LogP contribution in [0.15, 0.2) is 36.5 Å². The fourth-order valence-electron chi connectivity index (χ4n) is 2.26. The first kappa shape index (κ1) is 12.5. The van der Waals surface area contributed by atoms with Crippen LogP contribution in [0.4, 0.5) is 5.69 Å². The number of anilines is 1. The topological polar surface area (TPSA) is 63.0 Å². The number of aryl methyl sites for hydroxylation is 2.